The van der Waals surface area contributed by atoms with Crippen molar-refractivity contribution in [1.82, 2.24) is 5.32 Å². The van der Waals surface area contributed by atoms with Crippen LogP contribution in [0.4, 0.5) is 0 Å². The molecule has 0 atom stereocenters. The first kappa shape index (κ1) is 13.4. The second kappa shape index (κ2) is 6.77. The molecule has 2 heteroatoms. The minimum absolute atomic E-state index is 0.849. The molecule has 1 N–H and O–H groups in total. The normalized spacial score (nSPS) is 11.0. The fourth-order valence-corrected chi connectivity index (χ4v) is 2.51. The molecule has 0 radical (unpaired) electrons. The van der Waals surface area contributed by atoms with Crippen molar-refractivity contribution in [3.8, 4) is 0 Å². The Bertz CT molecular complexity index is 507. The summed E-state index contributed by atoms with van der Waals surface area (Å²) in [5.74, 6) is 0. The maximum Gasteiger partial charge on any atom is 0.0484 e. The molecule has 2 rings (SSSR count). The van der Waals surface area contributed by atoms with E-state index in [4.69, 9.17) is 11.6 Å². The molecule has 0 bridgehead atoms. The van der Waals surface area contributed by atoms with Crippen molar-refractivity contribution in [3.63, 3.8) is 0 Å². The van der Waals surface area contributed by atoms with Gasteiger partial charge in [0.05, 0.1) is 0 Å². The molecule has 2 aromatic carbocycles. The summed E-state index contributed by atoms with van der Waals surface area (Å²) >= 11 is 6.22. The molecular formula is C16H20ClN. The van der Waals surface area contributed by atoms with E-state index in [0.29, 0.717) is 0 Å². The number of nitrogens with one attached hydrogen (secondary N) is 1. The molecule has 0 aromatic heterocycles. The van der Waals surface area contributed by atoms with Gasteiger partial charge in [-0.2, -0.15) is 0 Å². The smallest absolute Gasteiger partial charge is 0.0484 e. The molecule has 2 aromatic rings. The van der Waals surface area contributed by atoms with Crippen LogP contribution in [0.3, 0.4) is 0 Å². The van der Waals surface area contributed by atoms with Crippen LogP contribution in [0.2, 0.25) is 5.02 Å². The van der Waals surface area contributed by atoms with Crippen LogP contribution in [-0.4, -0.2) is 13.1 Å². The van der Waals surface area contributed by atoms with E-state index in [1.165, 1.54) is 29.2 Å². The molecule has 0 heterocycles. The predicted molar refractivity (Wildman–Crippen MR) is 80.4 cm³/mol. The Morgan fingerprint density at radius 1 is 1.00 bits per heavy atom. The van der Waals surface area contributed by atoms with Gasteiger partial charge in [-0.05, 0) is 49.4 Å². The Kier molecular flexibility index (Phi) is 5.03. The molecule has 0 unspecified atom stereocenters. The third-order valence-electron chi connectivity index (χ3n) is 3.26. The number of rotatable bonds is 6. The van der Waals surface area contributed by atoms with E-state index < -0.39 is 0 Å². The Morgan fingerprint density at radius 2 is 1.78 bits per heavy atom. The quantitative estimate of drug-likeness (QED) is 0.759. The third-order valence-corrected chi connectivity index (χ3v) is 3.59. The van der Waals surface area contributed by atoms with Crippen molar-refractivity contribution >= 4 is 22.4 Å². The molecular weight excluding hydrogens is 242 g/mol. The Morgan fingerprint density at radius 3 is 2.56 bits per heavy atom. The van der Waals surface area contributed by atoms with Crippen molar-refractivity contribution in [1.29, 1.82) is 0 Å². The summed E-state index contributed by atoms with van der Waals surface area (Å²) < 4.78 is 0. The van der Waals surface area contributed by atoms with E-state index in [0.717, 1.165) is 24.5 Å². The third kappa shape index (κ3) is 3.24. The second-order valence-corrected chi connectivity index (χ2v) is 4.97. The zero-order chi connectivity index (χ0) is 12.8. The summed E-state index contributed by atoms with van der Waals surface area (Å²) in [6, 6.07) is 12.6. The molecule has 1 nitrogen and oxygen atoms in total. The summed E-state index contributed by atoms with van der Waals surface area (Å²) in [5, 5.41) is 6.68. The van der Waals surface area contributed by atoms with E-state index in [1.54, 1.807) is 0 Å². The second-order valence-electron chi connectivity index (χ2n) is 4.56. The zero-order valence-corrected chi connectivity index (χ0v) is 11.6. The molecule has 0 fully saturated rings. The highest BCUT2D eigenvalue weighted by atomic mass is 35.5. The van der Waals surface area contributed by atoms with Crippen LogP contribution in [0, 0.1) is 0 Å². The van der Waals surface area contributed by atoms with E-state index in [9.17, 15) is 0 Å². The summed E-state index contributed by atoms with van der Waals surface area (Å²) in [6.45, 7) is 4.32. The molecule has 0 saturated carbocycles. The highest BCUT2D eigenvalue weighted by Crippen LogP contribution is 2.27. The molecule has 0 amide bonds. The minimum atomic E-state index is 0.849. The number of benzene rings is 2. The zero-order valence-electron chi connectivity index (χ0n) is 10.9. The molecule has 0 aliphatic rings. The summed E-state index contributed by atoms with van der Waals surface area (Å²) in [7, 11) is 0. The first-order valence-corrected chi connectivity index (χ1v) is 7.07. The van der Waals surface area contributed by atoms with Crippen LogP contribution in [-0.2, 0) is 6.42 Å². The molecule has 0 aliphatic heterocycles. The SMILES string of the molecule is CCNCCCCc1ccc(Cl)c2ccccc12. The van der Waals surface area contributed by atoms with E-state index >= 15 is 0 Å². The molecule has 96 valence electrons. The van der Waals surface area contributed by atoms with Gasteiger partial charge in [-0.25, -0.2) is 0 Å². The highest BCUT2D eigenvalue weighted by molar-refractivity contribution is 6.35. The van der Waals surface area contributed by atoms with Gasteiger partial charge >= 0.3 is 0 Å². The van der Waals surface area contributed by atoms with Gasteiger partial charge in [0.25, 0.3) is 0 Å². The monoisotopic (exact) mass is 261 g/mol. The van der Waals surface area contributed by atoms with Gasteiger partial charge in [0.1, 0.15) is 0 Å². The number of fused-ring (bicyclic) bond motifs is 1. The molecule has 18 heavy (non-hydrogen) atoms. The molecule has 0 spiro atoms. The lowest BCUT2D eigenvalue weighted by Gasteiger charge is -2.08. The topological polar surface area (TPSA) is 12.0 Å². The first-order chi connectivity index (χ1) is 8.83. The van der Waals surface area contributed by atoms with Crippen LogP contribution in [0.1, 0.15) is 25.3 Å². The van der Waals surface area contributed by atoms with Crippen molar-refractivity contribution in [3.05, 3.63) is 47.0 Å². The fraction of sp³-hybridized carbons (Fsp3) is 0.375. The van der Waals surface area contributed by atoms with Crippen LogP contribution < -0.4 is 5.32 Å². The van der Waals surface area contributed by atoms with Crippen LogP contribution in [0.15, 0.2) is 36.4 Å². The van der Waals surface area contributed by atoms with Crippen LogP contribution in [0.5, 0.6) is 0 Å². The number of halogens is 1. The number of aryl methyl sites for hydroxylation is 1. The van der Waals surface area contributed by atoms with Crippen molar-refractivity contribution in [2.75, 3.05) is 13.1 Å². The van der Waals surface area contributed by atoms with E-state index in [1.807, 2.05) is 12.1 Å². The van der Waals surface area contributed by atoms with Crippen LogP contribution >= 0.6 is 11.6 Å². The maximum atomic E-state index is 6.22. The number of hydrogen-bond donors (Lipinski definition) is 1. The van der Waals surface area contributed by atoms with Crippen molar-refractivity contribution in [2.24, 2.45) is 0 Å². The van der Waals surface area contributed by atoms with Gasteiger partial charge in [0, 0.05) is 10.4 Å². The largest absolute Gasteiger partial charge is 0.317 e. The van der Waals surface area contributed by atoms with Gasteiger partial charge < -0.3 is 5.32 Å². The standard InChI is InChI=1S/C16H20ClN/c1-2-18-12-6-5-7-13-10-11-16(17)15-9-4-3-8-14(13)15/h3-4,8-11,18H,2,5-7,12H2,1H3. The summed E-state index contributed by atoms with van der Waals surface area (Å²) in [6.07, 6.45) is 3.58. The fourth-order valence-electron chi connectivity index (χ4n) is 2.28. The average molecular weight is 262 g/mol. The molecule has 0 aliphatic carbocycles. The van der Waals surface area contributed by atoms with Crippen molar-refractivity contribution < 1.29 is 0 Å². The van der Waals surface area contributed by atoms with Crippen LogP contribution in [0.25, 0.3) is 10.8 Å². The maximum absolute atomic E-state index is 6.22. The first-order valence-electron chi connectivity index (χ1n) is 6.69. The summed E-state index contributed by atoms with van der Waals surface area (Å²) in [4.78, 5) is 0. The predicted octanol–water partition coefficient (Wildman–Crippen LogP) is 4.43. The average Bonchev–Trinajstić information content (AvgIpc) is 2.41. The lowest BCUT2D eigenvalue weighted by atomic mass is 10.00. The lowest BCUT2D eigenvalue weighted by molar-refractivity contribution is 0.642. The number of unbranched alkanes of at least 4 members (excludes halogenated alkanes) is 1. The molecule has 0 saturated heterocycles. The number of hydrogen-bond acceptors (Lipinski definition) is 1. The van der Waals surface area contributed by atoms with Gasteiger partial charge in [0.2, 0.25) is 0 Å². The summed E-state index contributed by atoms with van der Waals surface area (Å²) in [5.41, 5.74) is 1.41. The lowest BCUT2D eigenvalue weighted by Crippen LogP contribution is -2.13. The Balaban J connectivity index is 2.07. The van der Waals surface area contributed by atoms with Gasteiger partial charge in [-0.1, -0.05) is 48.9 Å². The minimum Gasteiger partial charge on any atom is -0.317 e. The van der Waals surface area contributed by atoms with Gasteiger partial charge in [-0.15, -0.1) is 0 Å². The van der Waals surface area contributed by atoms with Gasteiger partial charge in [0.15, 0.2) is 0 Å². The Hall–Kier alpha value is -1.05. The van der Waals surface area contributed by atoms with Crippen molar-refractivity contribution in [2.45, 2.75) is 26.2 Å². The van der Waals surface area contributed by atoms with E-state index in [2.05, 4.69) is 36.5 Å². The van der Waals surface area contributed by atoms with E-state index in [-0.39, 0.29) is 0 Å². The highest BCUT2D eigenvalue weighted by Gasteiger charge is 2.03. The van der Waals surface area contributed by atoms with Gasteiger partial charge in [-0.3, -0.25) is 0 Å². The Labute approximate surface area is 114 Å².